The molecule has 0 aromatic carbocycles. The molecule has 2 atom stereocenters. The molecule has 0 fully saturated rings. The topological polar surface area (TPSA) is 121 Å². The second kappa shape index (κ2) is 5.06. The number of carbonyl (C=O) groups is 2. The van der Waals surface area contributed by atoms with Crippen molar-refractivity contribution in [3.05, 3.63) is 0 Å². The second-order valence-electron chi connectivity index (χ2n) is 1.53. The van der Waals surface area contributed by atoms with E-state index in [1.54, 1.807) is 0 Å². The summed E-state index contributed by atoms with van der Waals surface area (Å²) in [4.78, 5) is 19.3. The molecule has 2 unspecified atom stereocenters. The predicted octanol–water partition coefficient (Wildman–Crippen LogP) is -4.79. The van der Waals surface area contributed by atoms with Crippen molar-refractivity contribution in [3.8, 4) is 0 Å². The van der Waals surface area contributed by atoms with Gasteiger partial charge in [-0.2, -0.15) is 0 Å². The molecule has 0 amide bonds. The summed E-state index contributed by atoms with van der Waals surface area (Å²) in [7, 11) is 0. The molecule has 0 bridgehead atoms. The van der Waals surface area contributed by atoms with Crippen molar-refractivity contribution in [2.45, 2.75) is 12.2 Å². The molecule has 0 aromatic heterocycles. The van der Waals surface area contributed by atoms with E-state index in [0.29, 0.717) is 0 Å². The Labute approximate surface area is 71.4 Å². The molecule has 2 N–H and O–H groups in total. The van der Waals surface area contributed by atoms with Crippen molar-refractivity contribution >= 4 is 11.9 Å². The maximum Gasteiger partial charge on any atom is 2.00 e. The van der Waals surface area contributed by atoms with Gasteiger partial charge in [0.1, 0.15) is 12.2 Å². The molecule has 0 saturated heterocycles. The van der Waals surface area contributed by atoms with Crippen molar-refractivity contribution in [2.75, 3.05) is 0 Å². The Morgan fingerprint density at radius 3 is 1.27 bits per heavy atom. The van der Waals surface area contributed by atoms with Crippen molar-refractivity contribution in [2.24, 2.45) is 0 Å². The van der Waals surface area contributed by atoms with E-state index in [0.717, 1.165) is 0 Å². The molecule has 11 heavy (non-hydrogen) atoms. The second-order valence-corrected chi connectivity index (χ2v) is 1.53. The molecule has 0 rings (SSSR count). The third-order valence-corrected chi connectivity index (χ3v) is 0.782. The van der Waals surface area contributed by atoms with Gasteiger partial charge in [-0.25, -0.2) is 0 Å². The van der Waals surface area contributed by atoms with Gasteiger partial charge in [0, 0.05) is 0 Å². The molecule has 0 spiro atoms. The zero-order valence-electron chi connectivity index (χ0n) is 5.00. The molecule has 7 heteroatoms. The van der Waals surface area contributed by atoms with E-state index in [-0.39, 0.29) is 16.5 Å². The number of hydrogen-bond acceptors (Lipinski definition) is 6. The smallest absolute Gasteiger partial charge is 0.547 e. The number of aliphatic hydroxyl groups excluding tert-OH is 2. The zero-order valence-corrected chi connectivity index (χ0v) is 5.99. The van der Waals surface area contributed by atoms with Gasteiger partial charge in [-0.3, -0.25) is 0 Å². The van der Waals surface area contributed by atoms with Gasteiger partial charge in [0.15, 0.2) is 0 Å². The van der Waals surface area contributed by atoms with E-state index in [9.17, 15) is 19.8 Å². The van der Waals surface area contributed by atoms with Crippen LogP contribution in [0.1, 0.15) is 0 Å². The van der Waals surface area contributed by atoms with Gasteiger partial charge in [0.2, 0.25) is 0 Å². The molecule has 6 nitrogen and oxygen atoms in total. The van der Waals surface area contributed by atoms with Crippen LogP contribution in [0.3, 0.4) is 0 Å². The molecular formula is C4H4NiO6. The van der Waals surface area contributed by atoms with Crippen LogP contribution in [0.4, 0.5) is 0 Å². The Bertz CT molecular complexity index is 139. The van der Waals surface area contributed by atoms with Crippen molar-refractivity contribution in [1.29, 1.82) is 0 Å². The fourth-order valence-corrected chi connectivity index (χ4v) is 0.258. The average Bonchev–Trinajstić information content (AvgIpc) is 1.84. The van der Waals surface area contributed by atoms with Crippen LogP contribution >= 0.6 is 0 Å². The zero-order chi connectivity index (χ0) is 8.31. The van der Waals surface area contributed by atoms with E-state index in [2.05, 4.69) is 0 Å². The van der Waals surface area contributed by atoms with Gasteiger partial charge >= 0.3 is 16.5 Å². The largest absolute Gasteiger partial charge is 2.00 e. The minimum Gasteiger partial charge on any atom is -0.547 e. The third-order valence-electron chi connectivity index (χ3n) is 0.782. The molecule has 0 aliphatic rings. The summed E-state index contributed by atoms with van der Waals surface area (Å²) in [6.45, 7) is 0. The molecule has 0 radical (unpaired) electrons. The molecule has 0 aliphatic carbocycles. The Hall–Kier alpha value is -0.646. The summed E-state index contributed by atoms with van der Waals surface area (Å²) in [5.41, 5.74) is 0. The quantitative estimate of drug-likeness (QED) is 0.447. The van der Waals surface area contributed by atoms with E-state index in [1.165, 1.54) is 0 Å². The van der Waals surface area contributed by atoms with E-state index in [1.807, 2.05) is 0 Å². The van der Waals surface area contributed by atoms with Gasteiger partial charge in [-0.1, -0.05) is 0 Å². The Balaban J connectivity index is 0. The fourth-order valence-electron chi connectivity index (χ4n) is 0.258. The Morgan fingerprint density at radius 1 is 1.00 bits per heavy atom. The van der Waals surface area contributed by atoms with Crippen molar-refractivity contribution in [3.63, 3.8) is 0 Å². The molecule has 0 aromatic rings. The summed E-state index contributed by atoms with van der Waals surface area (Å²) >= 11 is 0. The summed E-state index contributed by atoms with van der Waals surface area (Å²) < 4.78 is 0. The van der Waals surface area contributed by atoms with Gasteiger partial charge < -0.3 is 30.0 Å². The first-order valence-electron chi connectivity index (χ1n) is 2.24. The van der Waals surface area contributed by atoms with Gasteiger partial charge in [-0.05, 0) is 0 Å². The number of aliphatic hydroxyl groups is 2. The fraction of sp³-hybridized carbons (Fsp3) is 0.500. The predicted molar refractivity (Wildman–Crippen MR) is 22.0 cm³/mol. The maximum atomic E-state index is 9.63. The van der Waals surface area contributed by atoms with Crippen LogP contribution in [0.15, 0.2) is 0 Å². The van der Waals surface area contributed by atoms with E-state index >= 15 is 0 Å². The SMILES string of the molecule is O=C([O-])C(O)C(O)C(=O)[O-].[Ni+2]. The third kappa shape index (κ3) is 3.92. The van der Waals surface area contributed by atoms with Crippen LogP contribution in [0.5, 0.6) is 0 Å². The molecule has 0 aliphatic heterocycles. The first-order valence-corrected chi connectivity index (χ1v) is 2.24. The number of hydrogen-bond donors (Lipinski definition) is 2. The summed E-state index contributed by atoms with van der Waals surface area (Å²) in [6, 6.07) is 0. The van der Waals surface area contributed by atoms with Crippen molar-refractivity contribution < 1.29 is 46.5 Å². The number of carboxylic acids is 2. The van der Waals surface area contributed by atoms with Crippen LogP contribution in [-0.4, -0.2) is 34.4 Å². The van der Waals surface area contributed by atoms with Gasteiger partial charge in [-0.15, -0.1) is 0 Å². The number of rotatable bonds is 3. The Kier molecular flexibility index (Phi) is 5.98. The normalized spacial score (nSPS) is 14.4. The maximum absolute atomic E-state index is 9.63. The van der Waals surface area contributed by atoms with Gasteiger partial charge in [0.05, 0.1) is 11.9 Å². The minimum absolute atomic E-state index is 0. The van der Waals surface area contributed by atoms with Crippen LogP contribution < -0.4 is 10.2 Å². The van der Waals surface area contributed by atoms with Crippen LogP contribution in [-0.2, 0) is 26.1 Å². The van der Waals surface area contributed by atoms with Crippen molar-refractivity contribution in [1.82, 2.24) is 0 Å². The average molecular weight is 207 g/mol. The number of aliphatic carboxylic acids is 2. The van der Waals surface area contributed by atoms with Crippen LogP contribution in [0, 0.1) is 0 Å². The first-order chi connectivity index (χ1) is 4.46. The summed E-state index contributed by atoms with van der Waals surface area (Å²) in [5, 5.41) is 35.7. The van der Waals surface area contributed by atoms with E-state index in [4.69, 9.17) is 10.2 Å². The minimum atomic E-state index is -2.44. The first kappa shape index (κ1) is 13.0. The molecular weight excluding hydrogens is 203 g/mol. The molecule has 0 saturated carbocycles. The standard InChI is InChI=1S/C4H6O6.Ni/c5-1(3(7)8)2(6)4(9)10;/h1-2,5-6H,(H,7,8)(H,9,10);/q;+2/p-2. The monoisotopic (exact) mass is 206 g/mol. The van der Waals surface area contributed by atoms with Crippen LogP contribution in [0.2, 0.25) is 0 Å². The van der Waals surface area contributed by atoms with Gasteiger partial charge in [0.25, 0.3) is 0 Å². The summed E-state index contributed by atoms with van der Waals surface area (Å²) in [5.74, 6) is -4.12. The van der Waals surface area contributed by atoms with Crippen LogP contribution in [0.25, 0.3) is 0 Å². The van der Waals surface area contributed by atoms with E-state index < -0.39 is 24.1 Å². The molecule has 0 heterocycles. The summed E-state index contributed by atoms with van der Waals surface area (Å²) in [6.07, 6.45) is -4.88. The number of carboxylic acid groups (broad SMARTS) is 2. The molecule has 66 valence electrons. The Morgan fingerprint density at radius 2 is 1.18 bits per heavy atom. The number of carbonyl (C=O) groups excluding carboxylic acids is 2.